The van der Waals surface area contributed by atoms with Gasteiger partial charge in [-0.1, -0.05) is 36.4 Å². The molecule has 0 aliphatic heterocycles. The van der Waals surface area contributed by atoms with Gasteiger partial charge in [-0.2, -0.15) is 0 Å². The lowest BCUT2D eigenvalue weighted by molar-refractivity contribution is -0.0195. The highest BCUT2D eigenvalue weighted by Gasteiger charge is 2.13. The van der Waals surface area contributed by atoms with E-state index < -0.39 is 12.1 Å². The molecule has 0 amide bonds. The minimum atomic E-state index is -2.00. The summed E-state index contributed by atoms with van der Waals surface area (Å²) in [5.74, 6) is 0.552. The Bertz CT molecular complexity index is 801. The number of aliphatic hydroxyl groups is 2. The van der Waals surface area contributed by atoms with Crippen molar-refractivity contribution < 1.29 is 19.7 Å². The Morgan fingerprint density at radius 1 is 0.864 bits per heavy atom. The van der Waals surface area contributed by atoms with E-state index in [-0.39, 0.29) is 5.56 Å². The van der Waals surface area contributed by atoms with Crippen LogP contribution < -0.4 is 4.74 Å². The highest BCUT2D eigenvalue weighted by molar-refractivity contribution is 5.98. The van der Waals surface area contributed by atoms with Crippen LogP contribution in [-0.4, -0.2) is 22.3 Å². The Balaban J connectivity index is 1.88. The van der Waals surface area contributed by atoms with Gasteiger partial charge in [-0.05, 0) is 35.7 Å². The van der Waals surface area contributed by atoms with Crippen LogP contribution in [0.2, 0.25) is 0 Å². The van der Waals surface area contributed by atoms with E-state index in [1.165, 1.54) is 12.1 Å². The van der Waals surface area contributed by atoms with Crippen LogP contribution in [0.15, 0.2) is 66.7 Å². The molecule has 0 radical (unpaired) electrons. The smallest absolute Gasteiger partial charge is 0.218 e. The van der Waals surface area contributed by atoms with E-state index in [0.717, 1.165) is 16.5 Å². The number of hydrogen-bond acceptors (Lipinski definition) is 4. The molecule has 4 nitrogen and oxygen atoms in total. The molecule has 2 N–H and O–H groups in total. The first-order chi connectivity index (χ1) is 10.6. The molecular formula is C18H14O4. The Labute approximate surface area is 127 Å². The molecule has 0 saturated heterocycles. The van der Waals surface area contributed by atoms with Crippen LogP contribution in [0.3, 0.4) is 0 Å². The van der Waals surface area contributed by atoms with E-state index in [1.807, 2.05) is 42.5 Å². The van der Waals surface area contributed by atoms with Crippen LogP contribution in [0.4, 0.5) is 0 Å². The molecule has 0 aliphatic rings. The largest absolute Gasteiger partial charge is 0.457 e. The van der Waals surface area contributed by atoms with Crippen molar-refractivity contribution >= 4 is 16.6 Å². The molecule has 0 aromatic heterocycles. The SMILES string of the molecule is O=C(c1ccc(Oc2cccc3ccccc23)cc1)C(O)O. The lowest BCUT2D eigenvalue weighted by Crippen LogP contribution is -2.19. The summed E-state index contributed by atoms with van der Waals surface area (Å²) in [5.41, 5.74) is 0.222. The van der Waals surface area contributed by atoms with Crippen molar-refractivity contribution in [3.8, 4) is 11.5 Å². The summed E-state index contributed by atoms with van der Waals surface area (Å²) >= 11 is 0. The van der Waals surface area contributed by atoms with E-state index in [1.54, 1.807) is 12.1 Å². The van der Waals surface area contributed by atoms with Gasteiger partial charge in [0, 0.05) is 10.9 Å². The van der Waals surface area contributed by atoms with Gasteiger partial charge in [0.15, 0.2) is 0 Å². The summed E-state index contributed by atoms with van der Waals surface area (Å²) < 4.78 is 5.85. The maximum absolute atomic E-state index is 11.4. The molecule has 110 valence electrons. The average Bonchev–Trinajstić information content (AvgIpc) is 2.55. The second-order valence-corrected chi connectivity index (χ2v) is 4.84. The summed E-state index contributed by atoms with van der Waals surface area (Å²) in [4.78, 5) is 11.4. The highest BCUT2D eigenvalue weighted by Crippen LogP contribution is 2.29. The van der Waals surface area contributed by atoms with Gasteiger partial charge in [0.1, 0.15) is 11.5 Å². The van der Waals surface area contributed by atoms with Gasteiger partial charge >= 0.3 is 0 Å². The van der Waals surface area contributed by atoms with Crippen LogP contribution >= 0.6 is 0 Å². The number of fused-ring (bicyclic) bond motifs is 1. The fourth-order valence-corrected chi connectivity index (χ4v) is 2.25. The van der Waals surface area contributed by atoms with E-state index >= 15 is 0 Å². The number of ketones is 1. The molecule has 4 heteroatoms. The Morgan fingerprint density at radius 2 is 1.55 bits per heavy atom. The fraction of sp³-hybridized carbons (Fsp3) is 0.0556. The number of carbonyl (C=O) groups is 1. The third-order valence-corrected chi connectivity index (χ3v) is 3.35. The zero-order valence-corrected chi connectivity index (χ0v) is 11.6. The fourth-order valence-electron chi connectivity index (χ4n) is 2.25. The molecule has 0 saturated carbocycles. The monoisotopic (exact) mass is 294 g/mol. The molecule has 22 heavy (non-hydrogen) atoms. The third-order valence-electron chi connectivity index (χ3n) is 3.35. The van der Waals surface area contributed by atoms with Crippen molar-refractivity contribution in [2.45, 2.75) is 6.29 Å². The summed E-state index contributed by atoms with van der Waals surface area (Å²) in [6.07, 6.45) is -2.00. The molecule has 0 aliphatic carbocycles. The van der Waals surface area contributed by atoms with Crippen LogP contribution in [0.25, 0.3) is 10.8 Å². The number of aliphatic hydroxyl groups excluding tert-OH is 1. The molecule has 0 heterocycles. The topological polar surface area (TPSA) is 66.8 Å². The number of carbonyl (C=O) groups excluding carboxylic acids is 1. The predicted molar refractivity (Wildman–Crippen MR) is 83.0 cm³/mol. The minimum absolute atomic E-state index is 0.222. The molecule has 0 fully saturated rings. The highest BCUT2D eigenvalue weighted by atomic mass is 16.5. The van der Waals surface area contributed by atoms with Gasteiger partial charge in [-0.15, -0.1) is 0 Å². The quantitative estimate of drug-likeness (QED) is 0.573. The maximum Gasteiger partial charge on any atom is 0.218 e. The Hall–Kier alpha value is -2.69. The first kappa shape index (κ1) is 14.3. The molecular weight excluding hydrogens is 280 g/mol. The van der Waals surface area contributed by atoms with Gasteiger partial charge in [-0.25, -0.2) is 0 Å². The van der Waals surface area contributed by atoms with Crippen molar-refractivity contribution in [3.05, 3.63) is 72.3 Å². The normalized spacial score (nSPS) is 10.9. The van der Waals surface area contributed by atoms with E-state index in [4.69, 9.17) is 14.9 Å². The summed E-state index contributed by atoms with van der Waals surface area (Å²) in [5, 5.41) is 19.8. The molecule has 0 unspecified atom stereocenters. The van der Waals surface area contributed by atoms with E-state index in [0.29, 0.717) is 5.75 Å². The van der Waals surface area contributed by atoms with Crippen LogP contribution in [0, 0.1) is 0 Å². The summed E-state index contributed by atoms with van der Waals surface area (Å²) in [7, 11) is 0. The Morgan fingerprint density at radius 3 is 2.27 bits per heavy atom. The number of benzene rings is 3. The Kier molecular flexibility index (Phi) is 3.87. The molecule has 3 aromatic carbocycles. The van der Waals surface area contributed by atoms with Crippen LogP contribution in [0.1, 0.15) is 10.4 Å². The van der Waals surface area contributed by atoms with Crippen molar-refractivity contribution in [2.75, 3.05) is 0 Å². The molecule has 3 aromatic rings. The second kappa shape index (κ2) is 5.97. The number of Topliss-reactive ketones (excluding diaryl/α,β-unsaturated/α-hetero) is 1. The van der Waals surface area contributed by atoms with Crippen molar-refractivity contribution in [2.24, 2.45) is 0 Å². The van der Waals surface area contributed by atoms with Gasteiger partial charge in [0.05, 0.1) is 0 Å². The summed E-state index contributed by atoms with van der Waals surface area (Å²) in [6, 6.07) is 19.9. The standard InChI is InChI=1S/C18H14O4/c19-17(18(20)21)13-8-10-14(11-9-13)22-16-7-3-5-12-4-1-2-6-15(12)16/h1-11,18,20-21H. The molecule has 0 bridgehead atoms. The average molecular weight is 294 g/mol. The molecule has 0 atom stereocenters. The minimum Gasteiger partial charge on any atom is -0.457 e. The van der Waals surface area contributed by atoms with Crippen LogP contribution in [0.5, 0.6) is 11.5 Å². The van der Waals surface area contributed by atoms with Gasteiger partial charge < -0.3 is 14.9 Å². The third kappa shape index (κ3) is 2.83. The number of ether oxygens (including phenoxy) is 1. The van der Waals surface area contributed by atoms with E-state index in [9.17, 15) is 4.79 Å². The number of hydrogen-bond donors (Lipinski definition) is 2. The molecule has 3 rings (SSSR count). The zero-order valence-electron chi connectivity index (χ0n) is 11.6. The number of rotatable bonds is 4. The predicted octanol–water partition coefficient (Wildman–Crippen LogP) is 3.13. The van der Waals surface area contributed by atoms with Gasteiger partial charge in [0.2, 0.25) is 12.1 Å². The first-order valence-corrected chi connectivity index (χ1v) is 6.81. The van der Waals surface area contributed by atoms with Gasteiger partial charge in [-0.3, -0.25) is 4.79 Å². The maximum atomic E-state index is 11.4. The molecule has 0 spiro atoms. The second-order valence-electron chi connectivity index (χ2n) is 4.84. The lowest BCUT2D eigenvalue weighted by atomic mass is 10.1. The zero-order chi connectivity index (χ0) is 15.5. The lowest BCUT2D eigenvalue weighted by Gasteiger charge is -2.09. The van der Waals surface area contributed by atoms with Crippen LogP contribution in [-0.2, 0) is 0 Å². The van der Waals surface area contributed by atoms with Crippen molar-refractivity contribution in [1.82, 2.24) is 0 Å². The van der Waals surface area contributed by atoms with E-state index in [2.05, 4.69) is 0 Å². The van der Waals surface area contributed by atoms with Gasteiger partial charge in [0.25, 0.3) is 0 Å². The summed E-state index contributed by atoms with van der Waals surface area (Å²) in [6.45, 7) is 0. The van der Waals surface area contributed by atoms with Crippen molar-refractivity contribution in [1.29, 1.82) is 0 Å². The first-order valence-electron chi connectivity index (χ1n) is 6.81. The van der Waals surface area contributed by atoms with Crippen molar-refractivity contribution in [3.63, 3.8) is 0 Å².